The molecule has 2 aromatic rings. The van der Waals surface area contributed by atoms with Gasteiger partial charge in [-0.3, -0.25) is 15.0 Å². The quantitative estimate of drug-likeness (QED) is 0.275. The summed E-state index contributed by atoms with van der Waals surface area (Å²) >= 11 is 8.61. The Hall–Kier alpha value is -2.31. The highest BCUT2D eigenvalue weighted by atomic mass is 127. The number of methoxy groups -OCH3 is 1. The van der Waals surface area contributed by atoms with Gasteiger partial charge in [0, 0.05) is 5.56 Å². The fourth-order valence-electron chi connectivity index (χ4n) is 2.84. The molecule has 1 saturated heterocycles. The highest BCUT2D eigenvalue weighted by Gasteiger charge is 2.34. The van der Waals surface area contributed by atoms with Crippen molar-refractivity contribution in [3.05, 3.63) is 56.0 Å². The van der Waals surface area contributed by atoms with Crippen molar-refractivity contribution < 1.29 is 23.8 Å². The number of halogens is 1. The number of ether oxygens (including phenoxy) is 3. The van der Waals surface area contributed by atoms with E-state index in [-0.39, 0.29) is 4.32 Å². The summed E-state index contributed by atoms with van der Waals surface area (Å²) in [5.41, 5.74) is 3.72. The average Bonchev–Trinajstić information content (AvgIpc) is 3.03. The van der Waals surface area contributed by atoms with Gasteiger partial charge in [-0.05, 0) is 96.7 Å². The summed E-state index contributed by atoms with van der Waals surface area (Å²) in [6, 6.07) is 10.3. The Morgan fingerprint density at radius 3 is 2.50 bits per heavy atom. The van der Waals surface area contributed by atoms with Gasteiger partial charge in [-0.1, -0.05) is 11.8 Å². The summed E-state index contributed by atoms with van der Waals surface area (Å²) in [7, 11) is 1.55. The van der Waals surface area contributed by atoms with E-state index in [0.717, 1.165) is 25.9 Å². The largest absolute Gasteiger partial charge is 0.497 e. The number of thiocarbonyl (C=S) groups is 1. The van der Waals surface area contributed by atoms with Crippen molar-refractivity contribution in [2.75, 3.05) is 20.3 Å². The van der Waals surface area contributed by atoms with E-state index >= 15 is 0 Å². The molecule has 0 spiro atoms. The van der Waals surface area contributed by atoms with Gasteiger partial charge in [-0.15, -0.1) is 0 Å². The molecule has 0 saturated carbocycles. The van der Waals surface area contributed by atoms with Crippen LogP contribution in [0.1, 0.15) is 29.8 Å². The third-order valence-electron chi connectivity index (χ3n) is 4.28. The summed E-state index contributed by atoms with van der Waals surface area (Å²) in [5.74, 6) is 1.07. The molecule has 2 aromatic carbocycles. The number of hydrogen-bond donors (Lipinski definition) is 1. The maximum atomic E-state index is 12.9. The number of hydrogen-bond acceptors (Lipinski definition) is 7. The Balaban J connectivity index is 1.81. The third-order valence-corrected chi connectivity index (χ3v) is 6.38. The van der Waals surface area contributed by atoms with Crippen LogP contribution in [0.2, 0.25) is 0 Å². The monoisotopic (exact) mass is 584 g/mol. The average molecular weight is 584 g/mol. The highest BCUT2D eigenvalue weighted by Crippen LogP contribution is 2.37. The summed E-state index contributed by atoms with van der Waals surface area (Å²) in [6.45, 7) is 4.80. The minimum absolute atomic E-state index is 0.244. The first-order chi connectivity index (χ1) is 15.4. The molecule has 7 nitrogen and oxygen atoms in total. The molecule has 1 fully saturated rings. The number of nitrogens with one attached hydrogen (secondary N) is 1. The van der Waals surface area contributed by atoms with Crippen LogP contribution in [0.4, 0.5) is 0 Å². The number of rotatable bonds is 8. The molecule has 1 aliphatic rings. The van der Waals surface area contributed by atoms with Crippen LogP contribution in [0.3, 0.4) is 0 Å². The van der Waals surface area contributed by atoms with Crippen LogP contribution in [0.15, 0.2) is 41.3 Å². The fraction of sp³-hybridized carbons (Fsp3) is 0.227. The van der Waals surface area contributed by atoms with E-state index < -0.39 is 11.8 Å². The van der Waals surface area contributed by atoms with Gasteiger partial charge in [-0.2, -0.15) is 5.01 Å². The maximum Gasteiger partial charge on any atom is 0.285 e. The molecule has 3 rings (SSSR count). The number of hydrazine groups is 1. The van der Waals surface area contributed by atoms with E-state index in [0.29, 0.717) is 40.9 Å². The van der Waals surface area contributed by atoms with Gasteiger partial charge in [0.15, 0.2) is 15.8 Å². The van der Waals surface area contributed by atoms with Crippen LogP contribution in [0.25, 0.3) is 6.08 Å². The van der Waals surface area contributed by atoms with Crippen LogP contribution in [0.5, 0.6) is 17.2 Å². The Bertz CT molecular complexity index is 1070. The predicted octanol–water partition coefficient (Wildman–Crippen LogP) is 4.64. The van der Waals surface area contributed by atoms with Crippen LogP contribution < -0.4 is 19.6 Å². The lowest BCUT2D eigenvalue weighted by molar-refractivity contribution is -0.123. The molecule has 1 aliphatic heterocycles. The zero-order chi connectivity index (χ0) is 23.3. The minimum atomic E-state index is -0.445. The first kappa shape index (κ1) is 24.3. The first-order valence-corrected chi connectivity index (χ1v) is 12.0. The lowest BCUT2D eigenvalue weighted by Gasteiger charge is -2.15. The SMILES string of the molecule is CCOc1cc(/C=C2/SC(=S)N(NC(=O)c3ccc(OC)cc3)C2=O)cc(I)c1OCC. The molecule has 1 heterocycles. The predicted molar refractivity (Wildman–Crippen MR) is 137 cm³/mol. The molecule has 0 radical (unpaired) electrons. The first-order valence-electron chi connectivity index (χ1n) is 9.70. The zero-order valence-corrected chi connectivity index (χ0v) is 21.4. The molecule has 168 valence electrons. The van der Waals surface area contributed by atoms with Gasteiger partial charge >= 0.3 is 0 Å². The second-order valence-corrected chi connectivity index (χ2v) is 9.22. The van der Waals surface area contributed by atoms with E-state index in [1.165, 1.54) is 0 Å². The molecule has 0 aromatic heterocycles. The smallest absolute Gasteiger partial charge is 0.285 e. The van der Waals surface area contributed by atoms with E-state index in [2.05, 4.69) is 28.0 Å². The number of carbonyl (C=O) groups excluding carboxylic acids is 2. The number of thioether (sulfide) groups is 1. The number of amides is 2. The topological polar surface area (TPSA) is 77.1 Å². The van der Waals surface area contributed by atoms with Crippen LogP contribution in [-0.4, -0.2) is 41.5 Å². The molecular weight excluding hydrogens is 563 g/mol. The molecular formula is C22H21IN2O5S2. The van der Waals surface area contributed by atoms with Crippen molar-refractivity contribution in [2.45, 2.75) is 13.8 Å². The lowest BCUT2D eigenvalue weighted by atomic mass is 10.2. The second kappa shape index (κ2) is 11.0. The van der Waals surface area contributed by atoms with Crippen LogP contribution in [-0.2, 0) is 4.79 Å². The van der Waals surface area contributed by atoms with Crippen LogP contribution >= 0.6 is 46.6 Å². The summed E-state index contributed by atoms with van der Waals surface area (Å²) in [6.07, 6.45) is 1.72. The maximum absolute atomic E-state index is 12.9. The highest BCUT2D eigenvalue weighted by molar-refractivity contribution is 14.1. The zero-order valence-electron chi connectivity index (χ0n) is 17.6. The number of benzene rings is 2. The lowest BCUT2D eigenvalue weighted by Crippen LogP contribution is -2.44. The summed E-state index contributed by atoms with van der Waals surface area (Å²) in [4.78, 5) is 25.9. The van der Waals surface area contributed by atoms with Crippen molar-refractivity contribution in [3.8, 4) is 17.2 Å². The van der Waals surface area contributed by atoms with E-state index in [1.807, 2.05) is 26.0 Å². The van der Waals surface area contributed by atoms with E-state index in [1.54, 1.807) is 37.5 Å². The molecule has 32 heavy (non-hydrogen) atoms. The molecule has 0 bridgehead atoms. The Kier molecular flexibility index (Phi) is 8.38. The molecule has 0 atom stereocenters. The molecule has 2 amide bonds. The number of nitrogens with zero attached hydrogens (tertiary/aromatic N) is 1. The molecule has 0 aliphatic carbocycles. The Morgan fingerprint density at radius 1 is 1.19 bits per heavy atom. The normalized spacial score (nSPS) is 14.6. The van der Waals surface area contributed by atoms with Gasteiger partial charge in [-0.25, -0.2) is 0 Å². The van der Waals surface area contributed by atoms with Crippen molar-refractivity contribution in [1.29, 1.82) is 0 Å². The standard InChI is InChI=1S/C22H21IN2O5S2/c1-4-29-17-11-13(10-16(23)19(17)30-5-2)12-18-21(27)25(22(31)32-18)24-20(26)14-6-8-15(28-3)9-7-14/h6-12H,4-5H2,1-3H3,(H,24,26)/b18-12+. The summed E-state index contributed by atoms with van der Waals surface area (Å²) in [5, 5.41) is 1.08. The Morgan fingerprint density at radius 2 is 1.88 bits per heavy atom. The van der Waals surface area contributed by atoms with E-state index in [9.17, 15) is 9.59 Å². The minimum Gasteiger partial charge on any atom is -0.497 e. The van der Waals surface area contributed by atoms with Crippen molar-refractivity contribution in [2.24, 2.45) is 0 Å². The van der Waals surface area contributed by atoms with Crippen molar-refractivity contribution in [3.63, 3.8) is 0 Å². The molecule has 0 unspecified atom stereocenters. The van der Waals surface area contributed by atoms with Gasteiger partial charge in [0.25, 0.3) is 11.8 Å². The van der Waals surface area contributed by atoms with Crippen molar-refractivity contribution >= 4 is 68.8 Å². The van der Waals surface area contributed by atoms with Gasteiger partial charge < -0.3 is 14.2 Å². The molecule has 1 N–H and O–H groups in total. The van der Waals surface area contributed by atoms with Gasteiger partial charge in [0.05, 0.1) is 28.8 Å². The second-order valence-electron chi connectivity index (χ2n) is 6.38. The van der Waals surface area contributed by atoms with Crippen molar-refractivity contribution in [1.82, 2.24) is 10.4 Å². The number of carbonyl (C=O) groups is 2. The van der Waals surface area contributed by atoms with E-state index in [4.69, 9.17) is 26.4 Å². The molecule has 10 heteroatoms. The van der Waals surface area contributed by atoms with Gasteiger partial charge in [0.1, 0.15) is 5.75 Å². The van der Waals surface area contributed by atoms with Crippen LogP contribution in [0, 0.1) is 3.57 Å². The summed E-state index contributed by atoms with van der Waals surface area (Å²) < 4.78 is 17.6. The fourth-order valence-corrected chi connectivity index (χ4v) is 4.80. The third kappa shape index (κ3) is 5.54. The van der Waals surface area contributed by atoms with Gasteiger partial charge in [0.2, 0.25) is 0 Å². The Labute approximate surface area is 209 Å².